The fourth-order valence-electron chi connectivity index (χ4n) is 2.51. The third-order valence-corrected chi connectivity index (χ3v) is 3.85. The molecule has 0 radical (unpaired) electrons. The molecule has 0 aromatic heterocycles. The van der Waals surface area contributed by atoms with E-state index in [1.54, 1.807) is 18.2 Å². The minimum absolute atomic E-state index is 0.0163. The van der Waals surface area contributed by atoms with E-state index in [2.05, 4.69) is 10.6 Å². The number of hydrogen-bond donors (Lipinski definition) is 2. The van der Waals surface area contributed by atoms with Crippen molar-refractivity contribution in [3.63, 3.8) is 0 Å². The van der Waals surface area contributed by atoms with Gasteiger partial charge in [-0.3, -0.25) is 14.9 Å². The minimum Gasteiger partial charge on any atom is -0.354 e. The fourth-order valence-corrected chi connectivity index (χ4v) is 2.51. The molecule has 6 heteroatoms. The molecule has 0 saturated heterocycles. The average Bonchev–Trinajstić information content (AvgIpc) is 2.65. The maximum absolute atomic E-state index is 12.5. The molecule has 3 aromatic carbocycles. The Hall–Kier alpha value is -3.67. The maximum Gasteiger partial charge on any atom is 0.282 e. The lowest BCUT2D eigenvalue weighted by atomic mass is 10.1. The molecule has 0 aliphatic carbocycles. The van der Waals surface area contributed by atoms with E-state index < -0.39 is 10.8 Å². The van der Waals surface area contributed by atoms with Crippen LogP contribution in [0.15, 0.2) is 72.8 Å². The second kappa shape index (κ2) is 7.48. The van der Waals surface area contributed by atoms with Crippen molar-refractivity contribution in [3.05, 3.63) is 94.0 Å². The molecular formula is C20H17N3O3. The molecule has 1 amide bonds. The molecule has 0 aliphatic heterocycles. The largest absolute Gasteiger partial charge is 0.354 e. The van der Waals surface area contributed by atoms with Crippen LogP contribution in [0.1, 0.15) is 15.9 Å². The van der Waals surface area contributed by atoms with Crippen LogP contribution in [0, 0.1) is 17.0 Å². The van der Waals surface area contributed by atoms with Gasteiger partial charge in [-0.25, -0.2) is 0 Å². The summed E-state index contributed by atoms with van der Waals surface area (Å²) in [6.45, 7) is 2.00. The first-order chi connectivity index (χ1) is 12.5. The molecule has 0 unspecified atom stereocenters. The number of nitro benzene ring substituents is 1. The van der Waals surface area contributed by atoms with Gasteiger partial charge in [-0.15, -0.1) is 0 Å². The van der Waals surface area contributed by atoms with Crippen LogP contribution >= 0.6 is 0 Å². The van der Waals surface area contributed by atoms with Crippen LogP contribution in [-0.4, -0.2) is 10.8 Å². The SMILES string of the molecule is Cc1ccc(Nc2ccccc2NC(=O)c2ccccc2[N+](=O)[O-])cc1. The van der Waals surface area contributed by atoms with E-state index in [1.807, 2.05) is 43.3 Å². The molecule has 3 rings (SSSR count). The topological polar surface area (TPSA) is 84.3 Å². The monoisotopic (exact) mass is 347 g/mol. The van der Waals surface area contributed by atoms with Crippen molar-refractivity contribution in [2.24, 2.45) is 0 Å². The Labute approximate surface area is 150 Å². The highest BCUT2D eigenvalue weighted by Crippen LogP contribution is 2.27. The van der Waals surface area contributed by atoms with Gasteiger partial charge < -0.3 is 10.6 Å². The van der Waals surface area contributed by atoms with Gasteiger partial charge in [0.2, 0.25) is 0 Å². The number of carbonyl (C=O) groups is 1. The van der Waals surface area contributed by atoms with Crippen LogP contribution in [0.3, 0.4) is 0 Å². The van der Waals surface area contributed by atoms with E-state index in [0.29, 0.717) is 11.4 Å². The number of para-hydroxylation sites is 3. The van der Waals surface area contributed by atoms with Crippen LogP contribution in [0.25, 0.3) is 0 Å². The number of carbonyl (C=O) groups excluding carboxylic acids is 1. The van der Waals surface area contributed by atoms with Gasteiger partial charge in [0, 0.05) is 11.8 Å². The van der Waals surface area contributed by atoms with Gasteiger partial charge in [-0.2, -0.15) is 0 Å². The van der Waals surface area contributed by atoms with E-state index in [-0.39, 0.29) is 11.3 Å². The molecule has 0 saturated carbocycles. The van der Waals surface area contributed by atoms with Gasteiger partial charge in [0.05, 0.1) is 16.3 Å². The van der Waals surface area contributed by atoms with Crippen molar-refractivity contribution < 1.29 is 9.72 Å². The Morgan fingerprint density at radius 3 is 2.19 bits per heavy atom. The van der Waals surface area contributed by atoms with Crippen molar-refractivity contribution in [1.82, 2.24) is 0 Å². The Morgan fingerprint density at radius 2 is 1.50 bits per heavy atom. The Bertz CT molecular complexity index is 953. The first-order valence-electron chi connectivity index (χ1n) is 8.02. The number of amides is 1. The summed E-state index contributed by atoms with van der Waals surface area (Å²) in [5.41, 5.74) is 3.05. The summed E-state index contributed by atoms with van der Waals surface area (Å²) in [6.07, 6.45) is 0. The summed E-state index contributed by atoms with van der Waals surface area (Å²) >= 11 is 0. The highest BCUT2D eigenvalue weighted by molar-refractivity contribution is 6.08. The smallest absolute Gasteiger partial charge is 0.282 e. The van der Waals surface area contributed by atoms with Gasteiger partial charge in [0.25, 0.3) is 11.6 Å². The number of nitrogens with one attached hydrogen (secondary N) is 2. The highest BCUT2D eigenvalue weighted by atomic mass is 16.6. The fraction of sp³-hybridized carbons (Fsp3) is 0.0500. The van der Waals surface area contributed by atoms with Crippen molar-refractivity contribution in [2.45, 2.75) is 6.92 Å². The van der Waals surface area contributed by atoms with E-state index in [1.165, 1.54) is 18.2 Å². The van der Waals surface area contributed by atoms with E-state index in [4.69, 9.17) is 0 Å². The quantitative estimate of drug-likeness (QED) is 0.508. The van der Waals surface area contributed by atoms with E-state index in [0.717, 1.165) is 11.3 Å². The number of rotatable bonds is 5. The molecule has 0 fully saturated rings. The Balaban J connectivity index is 1.86. The lowest BCUT2D eigenvalue weighted by molar-refractivity contribution is -0.385. The third kappa shape index (κ3) is 3.87. The number of aryl methyl sites for hydroxylation is 1. The Morgan fingerprint density at radius 1 is 0.885 bits per heavy atom. The first-order valence-corrected chi connectivity index (χ1v) is 8.02. The number of nitro groups is 1. The Kier molecular flexibility index (Phi) is 4.94. The summed E-state index contributed by atoms with van der Waals surface area (Å²) in [5.74, 6) is -0.532. The highest BCUT2D eigenvalue weighted by Gasteiger charge is 2.19. The van der Waals surface area contributed by atoms with Crippen molar-refractivity contribution in [2.75, 3.05) is 10.6 Å². The summed E-state index contributed by atoms with van der Waals surface area (Å²) < 4.78 is 0. The maximum atomic E-state index is 12.5. The summed E-state index contributed by atoms with van der Waals surface area (Å²) in [6, 6.07) is 20.9. The predicted molar refractivity (Wildman–Crippen MR) is 102 cm³/mol. The molecule has 26 heavy (non-hydrogen) atoms. The molecule has 2 N–H and O–H groups in total. The van der Waals surface area contributed by atoms with Crippen LogP contribution in [-0.2, 0) is 0 Å². The number of benzene rings is 3. The van der Waals surface area contributed by atoms with E-state index >= 15 is 0 Å². The number of hydrogen-bond acceptors (Lipinski definition) is 4. The molecule has 0 heterocycles. The summed E-state index contributed by atoms with van der Waals surface area (Å²) in [4.78, 5) is 23.1. The van der Waals surface area contributed by atoms with Crippen molar-refractivity contribution in [3.8, 4) is 0 Å². The number of nitrogens with zero attached hydrogens (tertiary/aromatic N) is 1. The average molecular weight is 347 g/mol. The zero-order valence-electron chi connectivity index (χ0n) is 14.1. The summed E-state index contributed by atoms with van der Waals surface area (Å²) in [5, 5.41) is 17.1. The van der Waals surface area contributed by atoms with Crippen LogP contribution in [0.5, 0.6) is 0 Å². The van der Waals surface area contributed by atoms with Gasteiger partial charge in [-0.05, 0) is 37.3 Å². The van der Waals surface area contributed by atoms with Crippen molar-refractivity contribution in [1.29, 1.82) is 0 Å². The second-order valence-corrected chi connectivity index (χ2v) is 5.76. The second-order valence-electron chi connectivity index (χ2n) is 5.76. The molecule has 0 bridgehead atoms. The van der Waals surface area contributed by atoms with Gasteiger partial charge in [0.1, 0.15) is 5.56 Å². The normalized spacial score (nSPS) is 10.2. The zero-order valence-corrected chi connectivity index (χ0v) is 14.1. The third-order valence-electron chi connectivity index (χ3n) is 3.85. The van der Waals surface area contributed by atoms with E-state index in [9.17, 15) is 14.9 Å². The molecular weight excluding hydrogens is 330 g/mol. The van der Waals surface area contributed by atoms with Crippen LogP contribution in [0.4, 0.5) is 22.7 Å². The van der Waals surface area contributed by atoms with Gasteiger partial charge >= 0.3 is 0 Å². The lowest BCUT2D eigenvalue weighted by Gasteiger charge is -2.13. The molecule has 0 atom stereocenters. The first kappa shape index (κ1) is 17.2. The van der Waals surface area contributed by atoms with Gasteiger partial charge in [0.15, 0.2) is 0 Å². The predicted octanol–water partition coefficient (Wildman–Crippen LogP) is 4.90. The molecule has 0 spiro atoms. The lowest BCUT2D eigenvalue weighted by Crippen LogP contribution is -2.14. The standard InChI is InChI=1S/C20H17N3O3/c1-14-10-12-15(13-11-14)21-17-7-3-4-8-18(17)22-20(24)16-6-2-5-9-19(16)23(25)26/h2-13,21H,1H3,(H,22,24). The number of anilines is 3. The van der Waals surface area contributed by atoms with Crippen LogP contribution < -0.4 is 10.6 Å². The molecule has 130 valence electrons. The van der Waals surface area contributed by atoms with Gasteiger partial charge in [-0.1, -0.05) is 42.0 Å². The molecule has 3 aromatic rings. The van der Waals surface area contributed by atoms with Crippen LogP contribution in [0.2, 0.25) is 0 Å². The minimum atomic E-state index is -0.564. The zero-order chi connectivity index (χ0) is 18.5. The summed E-state index contributed by atoms with van der Waals surface area (Å²) in [7, 11) is 0. The molecule has 6 nitrogen and oxygen atoms in total. The molecule has 0 aliphatic rings. The van der Waals surface area contributed by atoms with Crippen molar-refractivity contribution >= 4 is 28.7 Å².